The van der Waals surface area contributed by atoms with Gasteiger partial charge in [-0.2, -0.15) is 11.8 Å². The van der Waals surface area contributed by atoms with Gasteiger partial charge in [-0.25, -0.2) is 4.79 Å². The fraction of sp³-hybridized carbons (Fsp3) is 0.385. The molecule has 1 N–H and O–H groups in total. The molecule has 0 spiro atoms. The number of hydrogen-bond donors (Lipinski definition) is 1. The molecule has 1 unspecified atom stereocenters. The van der Waals surface area contributed by atoms with Gasteiger partial charge >= 0.3 is 5.97 Å². The molecule has 5 nitrogen and oxygen atoms in total. The van der Waals surface area contributed by atoms with Crippen LogP contribution >= 0.6 is 23.4 Å². The van der Waals surface area contributed by atoms with Crippen molar-refractivity contribution in [2.45, 2.75) is 6.04 Å². The number of carbonyl (C=O) groups excluding carboxylic acids is 1. The van der Waals surface area contributed by atoms with Gasteiger partial charge in [-0.15, -0.1) is 0 Å². The molecule has 1 saturated heterocycles. The van der Waals surface area contributed by atoms with Gasteiger partial charge in [-0.1, -0.05) is 17.7 Å². The lowest BCUT2D eigenvalue weighted by Crippen LogP contribution is -2.51. The first-order valence-corrected chi connectivity index (χ1v) is 7.59. The normalized spacial score (nSPS) is 18.6. The minimum absolute atomic E-state index is 0.186. The molecular formula is C13H14ClNO4S. The van der Waals surface area contributed by atoms with Crippen LogP contribution in [-0.4, -0.2) is 52.6 Å². The van der Waals surface area contributed by atoms with Crippen LogP contribution in [0.4, 0.5) is 0 Å². The molecule has 1 atom stereocenters. The number of carbonyl (C=O) groups is 2. The van der Waals surface area contributed by atoms with E-state index in [1.807, 2.05) is 0 Å². The van der Waals surface area contributed by atoms with Crippen molar-refractivity contribution in [1.82, 2.24) is 4.90 Å². The predicted molar refractivity (Wildman–Crippen MR) is 77.4 cm³/mol. The summed E-state index contributed by atoms with van der Waals surface area (Å²) in [6.45, 7) is 0.244. The van der Waals surface area contributed by atoms with Gasteiger partial charge in [0.05, 0.1) is 0 Å². The maximum atomic E-state index is 12.1. The van der Waals surface area contributed by atoms with Crippen LogP contribution < -0.4 is 4.74 Å². The maximum Gasteiger partial charge on any atom is 0.327 e. The van der Waals surface area contributed by atoms with Gasteiger partial charge in [-0.3, -0.25) is 4.79 Å². The Morgan fingerprint density at radius 1 is 1.50 bits per heavy atom. The second kappa shape index (κ2) is 6.85. The molecule has 1 aliphatic heterocycles. The largest absolute Gasteiger partial charge is 0.484 e. The lowest BCUT2D eigenvalue weighted by molar-refractivity contribution is -0.150. The predicted octanol–water partition coefficient (Wildman–Crippen LogP) is 1.75. The Kier molecular flexibility index (Phi) is 5.14. The summed E-state index contributed by atoms with van der Waals surface area (Å²) in [5, 5.41) is 9.63. The van der Waals surface area contributed by atoms with Crippen LogP contribution in [0, 0.1) is 0 Å². The Bertz CT molecular complexity index is 511. The summed E-state index contributed by atoms with van der Waals surface area (Å²) >= 11 is 7.35. The summed E-state index contributed by atoms with van der Waals surface area (Å²) in [5.74, 6) is 0.348. The number of carboxylic acids is 1. The summed E-state index contributed by atoms with van der Waals surface area (Å²) < 4.78 is 5.35. The van der Waals surface area contributed by atoms with Crippen molar-refractivity contribution in [3.63, 3.8) is 0 Å². The van der Waals surface area contributed by atoms with Gasteiger partial charge < -0.3 is 14.7 Å². The van der Waals surface area contributed by atoms with Crippen molar-refractivity contribution >= 4 is 35.2 Å². The van der Waals surface area contributed by atoms with Crippen LogP contribution in [0.1, 0.15) is 0 Å². The Labute approximate surface area is 125 Å². The zero-order chi connectivity index (χ0) is 14.5. The molecule has 0 aliphatic carbocycles. The van der Waals surface area contributed by atoms with Crippen LogP contribution in [0.3, 0.4) is 0 Å². The zero-order valence-corrected chi connectivity index (χ0v) is 12.2. The van der Waals surface area contributed by atoms with E-state index in [0.717, 1.165) is 5.75 Å². The SMILES string of the molecule is O=C(O)C1CSCCN1C(=O)COc1cccc(Cl)c1. The number of amides is 1. The number of carboxylic acid groups (broad SMARTS) is 1. The molecule has 108 valence electrons. The summed E-state index contributed by atoms with van der Waals surface area (Å²) in [6.07, 6.45) is 0. The molecule has 0 saturated carbocycles. The number of ether oxygens (including phenoxy) is 1. The lowest BCUT2D eigenvalue weighted by atomic mass is 10.2. The molecule has 20 heavy (non-hydrogen) atoms. The fourth-order valence-electron chi connectivity index (χ4n) is 1.89. The molecule has 0 aromatic heterocycles. The smallest absolute Gasteiger partial charge is 0.327 e. The fourth-order valence-corrected chi connectivity index (χ4v) is 3.11. The van der Waals surface area contributed by atoms with E-state index in [4.69, 9.17) is 21.4 Å². The summed E-state index contributed by atoms with van der Waals surface area (Å²) in [4.78, 5) is 24.6. The summed E-state index contributed by atoms with van der Waals surface area (Å²) in [7, 11) is 0. The molecule has 7 heteroatoms. The second-order valence-electron chi connectivity index (χ2n) is 4.26. The highest BCUT2D eigenvalue weighted by atomic mass is 35.5. The standard InChI is InChI=1S/C13H14ClNO4S/c14-9-2-1-3-10(6-9)19-7-12(16)15-4-5-20-8-11(15)13(17)18/h1-3,6,11H,4-5,7-8H2,(H,17,18). The van der Waals surface area contributed by atoms with Crippen LogP contribution in [-0.2, 0) is 9.59 Å². The average molecular weight is 316 g/mol. The first kappa shape index (κ1) is 15.0. The van der Waals surface area contributed by atoms with Crippen LogP contribution in [0.25, 0.3) is 0 Å². The number of aliphatic carboxylic acids is 1. The van der Waals surface area contributed by atoms with Crippen molar-refractivity contribution in [3.8, 4) is 5.75 Å². The van der Waals surface area contributed by atoms with E-state index in [2.05, 4.69) is 0 Å². The van der Waals surface area contributed by atoms with Gasteiger partial charge in [0, 0.05) is 23.1 Å². The van der Waals surface area contributed by atoms with E-state index in [1.165, 1.54) is 16.7 Å². The minimum atomic E-state index is -0.978. The van der Waals surface area contributed by atoms with Crippen LogP contribution in [0.2, 0.25) is 5.02 Å². The van der Waals surface area contributed by atoms with Gasteiger partial charge in [0.15, 0.2) is 6.61 Å². The molecule has 1 heterocycles. The molecule has 1 aromatic carbocycles. The third kappa shape index (κ3) is 3.80. The second-order valence-corrected chi connectivity index (χ2v) is 5.85. The van der Waals surface area contributed by atoms with E-state index in [0.29, 0.717) is 23.1 Å². The topological polar surface area (TPSA) is 66.8 Å². The van der Waals surface area contributed by atoms with Gasteiger partial charge in [0.1, 0.15) is 11.8 Å². The minimum Gasteiger partial charge on any atom is -0.484 e. The number of thioether (sulfide) groups is 1. The maximum absolute atomic E-state index is 12.1. The summed E-state index contributed by atoms with van der Waals surface area (Å²) in [5.41, 5.74) is 0. The average Bonchev–Trinajstić information content (AvgIpc) is 2.45. The van der Waals surface area contributed by atoms with Crippen molar-refractivity contribution in [2.75, 3.05) is 24.7 Å². The Morgan fingerprint density at radius 2 is 2.30 bits per heavy atom. The Morgan fingerprint density at radius 3 is 3.00 bits per heavy atom. The molecule has 1 amide bonds. The van der Waals surface area contributed by atoms with Crippen molar-refractivity contribution in [3.05, 3.63) is 29.3 Å². The van der Waals surface area contributed by atoms with E-state index >= 15 is 0 Å². The van der Waals surface area contributed by atoms with Gasteiger partial charge in [-0.05, 0) is 18.2 Å². The monoisotopic (exact) mass is 315 g/mol. The Balaban J connectivity index is 1.95. The first-order valence-electron chi connectivity index (χ1n) is 6.06. The number of hydrogen-bond acceptors (Lipinski definition) is 4. The Hall–Kier alpha value is -1.40. The van der Waals surface area contributed by atoms with E-state index in [9.17, 15) is 9.59 Å². The third-order valence-electron chi connectivity index (χ3n) is 2.89. The van der Waals surface area contributed by atoms with E-state index < -0.39 is 12.0 Å². The van der Waals surface area contributed by atoms with Crippen molar-refractivity contribution in [1.29, 1.82) is 0 Å². The molecule has 0 radical (unpaired) electrons. The first-order chi connectivity index (χ1) is 9.58. The highest BCUT2D eigenvalue weighted by Crippen LogP contribution is 2.19. The van der Waals surface area contributed by atoms with Crippen LogP contribution in [0.5, 0.6) is 5.75 Å². The lowest BCUT2D eigenvalue weighted by Gasteiger charge is -2.32. The zero-order valence-electron chi connectivity index (χ0n) is 10.6. The number of nitrogens with zero attached hydrogens (tertiary/aromatic N) is 1. The van der Waals surface area contributed by atoms with Crippen molar-refractivity contribution in [2.24, 2.45) is 0 Å². The van der Waals surface area contributed by atoms with Crippen molar-refractivity contribution < 1.29 is 19.4 Å². The molecule has 1 aliphatic rings. The van der Waals surface area contributed by atoms with E-state index in [-0.39, 0.29) is 12.5 Å². The molecular weight excluding hydrogens is 302 g/mol. The van der Waals surface area contributed by atoms with E-state index in [1.54, 1.807) is 24.3 Å². The number of halogens is 1. The molecule has 2 rings (SSSR count). The summed E-state index contributed by atoms with van der Waals surface area (Å²) in [6, 6.07) is 5.96. The molecule has 1 fully saturated rings. The number of rotatable bonds is 4. The quantitative estimate of drug-likeness (QED) is 0.917. The van der Waals surface area contributed by atoms with Gasteiger partial charge in [0.25, 0.3) is 5.91 Å². The third-order valence-corrected chi connectivity index (χ3v) is 4.15. The molecule has 1 aromatic rings. The highest BCUT2D eigenvalue weighted by Gasteiger charge is 2.32. The number of benzene rings is 1. The highest BCUT2D eigenvalue weighted by molar-refractivity contribution is 7.99. The van der Waals surface area contributed by atoms with Crippen LogP contribution in [0.15, 0.2) is 24.3 Å². The molecule has 0 bridgehead atoms. The van der Waals surface area contributed by atoms with Gasteiger partial charge in [0.2, 0.25) is 0 Å².